The Morgan fingerprint density at radius 1 is 1.57 bits per heavy atom. The first kappa shape index (κ1) is 10.5. The summed E-state index contributed by atoms with van der Waals surface area (Å²) in [5.41, 5.74) is 0.283. The zero-order valence-corrected chi connectivity index (χ0v) is 7.47. The van der Waals surface area contributed by atoms with E-state index in [1.165, 1.54) is 25.5 Å². The quantitative estimate of drug-likeness (QED) is 0.527. The fourth-order valence-electron chi connectivity index (χ4n) is 0.874. The molecule has 0 aliphatic rings. The van der Waals surface area contributed by atoms with Gasteiger partial charge in [-0.15, -0.1) is 0 Å². The minimum Gasteiger partial charge on any atom is -0.511 e. The van der Waals surface area contributed by atoms with Gasteiger partial charge in [-0.25, -0.2) is 0 Å². The molecule has 1 aromatic heterocycles. The van der Waals surface area contributed by atoms with Crippen LogP contribution in [0, 0.1) is 0 Å². The zero-order chi connectivity index (χ0) is 10.6. The number of carbonyl (C=O) groups excluding carboxylic acids is 1. The molecule has 0 spiro atoms. The lowest BCUT2D eigenvalue weighted by Gasteiger charge is -2.05. The first-order chi connectivity index (χ1) is 6.63. The van der Waals surface area contributed by atoms with Gasteiger partial charge in [-0.2, -0.15) is 0 Å². The topological polar surface area (TPSA) is 91.7 Å². The van der Waals surface area contributed by atoms with Crippen LogP contribution >= 0.6 is 0 Å². The van der Waals surface area contributed by atoms with Gasteiger partial charge < -0.3 is 20.0 Å². The van der Waals surface area contributed by atoms with Crippen molar-refractivity contribution in [2.24, 2.45) is 0 Å². The molecule has 0 aliphatic carbocycles. The van der Waals surface area contributed by atoms with Gasteiger partial charge in [-0.05, 0) is 6.07 Å². The van der Waals surface area contributed by atoms with Gasteiger partial charge in [0.1, 0.15) is 5.75 Å². The van der Waals surface area contributed by atoms with Gasteiger partial charge in [0, 0.05) is 13.2 Å². The van der Waals surface area contributed by atoms with E-state index in [0.29, 0.717) is 0 Å². The molecule has 0 aliphatic heterocycles. The Bertz CT molecular complexity index is 331. The lowest BCUT2D eigenvalue weighted by atomic mass is 10.2. The number of rotatable bonds is 3. The summed E-state index contributed by atoms with van der Waals surface area (Å²) in [7, 11) is -0.437. The van der Waals surface area contributed by atoms with Crippen molar-refractivity contribution in [1.82, 2.24) is 10.3 Å². The van der Waals surface area contributed by atoms with Crippen molar-refractivity contribution >= 4 is 13.2 Å². The van der Waals surface area contributed by atoms with E-state index >= 15 is 0 Å². The maximum atomic E-state index is 11.1. The average molecular weight is 196 g/mol. The van der Waals surface area contributed by atoms with Crippen LogP contribution in [0.15, 0.2) is 18.5 Å². The first-order valence-corrected chi connectivity index (χ1v) is 3.83. The maximum absolute atomic E-state index is 11.1. The van der Waals surface area contributed by atoms with Crippen molar-refractivity contribution in [3.63, 3.8) is 0 Å². The van der Waals surface area contributed by atoms with Gasteiger partial charge >= 0.3 is 7.32 Å². The SMILES string of the molecule is CNC(=O)c1cncc(OB(O)O)c1. The average Bonchev–Trinajstić information content (AvgIpc) is 2.16. The van der Waals surface area contributed by atoms with E-state index in [1.807, 2.05) is 0 Å². The van der Waals surface area contributed by atoms with Crippen molar-refractivity contribution in [2.75, 3.05) is 7.05 Å². The summed E-state index contributed by atoms with van der Waals surface area (Å²) in [6.45, 7) is 0. The number of nitrogens with one attached hydrogen (secondary N) is 1. The lowest BCUT2D eigenvalue weighted by Crippen LogP contribution is -2.22. The second-order valence-electron chi connectivity index (χ2n) is 2.43. The number of aromatic nitrogens is 1. The predicted molar refractivity (Wildman–Crippen MR) is 48.4 cm³/mol. The molecule has 1 rings (SSSR count). The van der Waals surface area contributed by atoms with E-state index in [2.05, 4.69) is 15.0 Å². The molecular weight excluding hydrogens is 187 g/mol. The summed E-state index contributed by atoms with van der Waals surface area (Å²) in [6, 6.07) is 1.35. The summed E-state index contributed by atoms with van der Waals surface area (Å²) in [6.07, 6.45) is 2.61. The third-order valence-corrected chi connectivity index (χ3v) is 1.44. The molecule has 0 radical (unpaired) electrons. The highest BCUT2D eigenvalue weighted by atomic mass is 16.6. The summed E-state index contributed by atoms with van der Waals surface area (Å²) in [5, 5.41) is 19.4. The molecule has 14 heavy (non-hydrogen) atoms. The molecule has 0 fully saturated rings. The van der Waals surface area contributed by atoms with Crippen molar-refractivity contribution in [1.29, 1.82) is 0 Å². The third kappa shape index (κ3) is 2.72. The molecule has 1 aromatic rings. The highest BCUT2D eigenvalue weighted by molar-refractivity contribution is 6.33. The fraction of sp³-hybridized carbons (Fsp3) is 0.143. The molecule has 1 heterocycles. The van der Waals surface area contributed by atoms with Crippen LogP contribution in [0.2, 0.25) is 0 Å². The van der Waals surface area contributed by atoms with E-state index < -0.39 is 7.32 Å². The monoisotopic (exact) mass is 196 g/mol. The summed E-state index contributed by atoms with van der Waals surface area (Å²) in [4.78, 5) is 14.8. The van der Waals surface area contributed by atoms with Crippen molar-refractivity contribution in [2.45, 2.75) is 0 Å². The third-order valence-electron chi connectivity index (χ3n) is 1.44. The molecule has 7 heteroatoms. The molecule has 6 nitrogen and oxygen atoms in total. The summed E-state index contributed by atoms with van der Waals surface area (Å²) in [5.74, 6) is -0.212. The molecule has 74 valence electrons. The summed E-state index contributed by atoms with van der Waals surface area (Å²) >= 11 is 0. The van der Waals surface area contributed by atoms with Gasteiger partial charge in [0.05, 0.1) is 11.8 Å². The van der Waals surface area contributed by atoms with Gasteiger partial charge in [-0.1, -0.05) is 0 Å². The van der Waals surface area contributed by atoms with Crippen molar-refractivity contribution < 1.29 is 19.5 Å². The van der Waals surface area contributed by atoms with Crippen molar-refractivity contribution in [3.05, 3.63) is 24.0 Å². The number of pyridine rings is 1. The van der Waals surface area contributed by atoms with Crippen LogP contribution in [0.5, 0.6) is 5.75 Å². The first-order valence-electron chi connectivity index (χ1n) is 3.83. The second kappa shape index (κ2) is 4.59. The van der Waals surface area contributed by atoms with E-state index in [1.54, 1.807) is 0 Å². The highest BCUT2D eigenvalue weighted by Gasteiger charge is 2.12. The Kier molecular flexibility index (Phi) is 3.44. The molecule has 0 saturated carbocycles. The van der Waals surface area contributed by atoms with Gasteiger partial charge in [0.15, 0.2) is 0 Å². The Morgan fingerprint density at radius 3 is 2.86 bits per heavy atom. The fourth-order valence-corrected chi connectivity index (χ4v) is 0.874. The molecular formula is C7H9BN2O4. The van der Waals surface area contributed by atoms with E-state index in [-0.39, 0.29) is 17.2 Å². The van der Waals surface area contributed by atoms with Crippen LogP contribution in [-0.4, -0.2) is 35.3 Å². The minimum atomic E-state index is -1.92. The lowest BCUT2D eigenvalue weighted by molar-refractivity contribution is 0.0962. The van der Waals surface area contributed by atoms with Crippen LogP contribution < -0.4 is 9.97 Å². The summed E-state index contributed by atoms with van der Waals surface area (Å²) < 4.78 is 4.52. The van der Waals surface area contributed by atoms with Gasteiger partial charge in [-0.3, -0.25) is 9.78 Å². The molecule has 0 aromatic carbocycles. The van der Waals surface area contributed by atoms with Crippen LogP contribution in [-0.2, 0) is 0 Å². The number of hydrogen-bond donors (Lipinski definition) is 3. The largest absolute Gasteiger partial charge is 0.707 e. The molecule has 0 saturated heterocycles. The van der Waals surface area contributed by atoms with Crippen LogP contribution in [0.3, 0.4) is 0 Å². The van der Waals surface area contributed by atoms with Crippen LogP contribution in [0.25, 0.3) is 0 Å². The highest BCUT2D eigenvalue weighted by Crippen LogP contribution is 2.10. The maximum Gasteiger partial charge on any atom is 0.707 e. The number of nitrogens with zero attached hydrogens (tertiary/aromatic N) is 1. The number of hydrogen-bond acceptors (Lipinski definition) is 5. The molecule has 0 unspecified atom stereocenters. The van der Waals surface area contributed by atoms with Crippen LogP contribution in [0.4, 0.5) is 0 Å². The second-order valence-corrected chi connectivity index (χ2v) is 2.43. The normalized spacial score (nSPS) is 9.36. The van der Waals surface area contributed by atoms with E-state index in [9.17, 15) is 4.79 Å². The smallest absolute Gasteiger partial charge is 0.511 e. The predicted octanol–water partition coefficient (Wildman–Crippen LogP) is -1.21. The van der Waals surface area contributed by atoms with E-state index in [4.69, 9.17) is 10.0 Å². The van der Waals surface area contributed by atoms with Gasteiger partial charge in [0.25, 0.3) is 5.91 Å². The Balaban J connectivity index is 2.84. The van der Waals surface area contributed by atoms with Gasteiger partial charge in [0.2, 0.25) is 0 Å². The standard InChI is InChI=1S/C7H9BN2O4/c1-9-7(11)5-2-6(4-10-3-5)14-8(12)13/h2-4,12-13H,1H3,(H,9,11). The Labute approximate surface area is 80.7 Å². The molecule has 0 bridgehead atoms. The van der Waals surface area contributed by atoms with Crippen LogP contribution in [0.1, 0.15) is 10.4 Å². The molecule has 1 amide bonds. The minimum absolute atomic E-state index is 0.112. The molecule has 0 atom stereocenters. The van der Waals surface area contributed by atoms with E-state index in [0.717, 1.165) is 0 Å². The number of amides is 1. The van der Waals surface area contributed by atoms with Crippen molar-refractivity contribution in [3.8, 4) is 5.75 Å². The zero-order valence-electron chi connectivity index (χ0n) is 7.47. The molecule has 3 N–H and O–H groups in total. The Hall–Kier alpha value is -1.60. The number of carbonyl (C=O) groups is 1. The Morgan fingerprint density at radius 2 is 2.29 bits per heavy atom.